The largest absolute Gasteiger partial charge is 0.325 e. The van der Waals surface area contributed by atoms with Crippen molar-refractivity contribution >= 4 is 10.0 Å². The molecule has 1 rings (SSSR count). The molecule has 1 heterocycles. The van der Waals surface area contributed by atoms with E-state index in [1.165, 1.54) is 10.5 Å². The van der Waals surface area contributed by atoms with E-state index in [0.29, 0.717) is 31.9 Å². The van der Waals surface area contributed by atoms with Crippen molar-refractivity contribution in [1.29, 1.82) is 0 Å². The molecular weight excluding hydrogens is 276 g/mol. The first-order chi connectivity index (χ1) is 9.41. The van der Waals surface area contributed by atoms with Crippen molar-refractivity contribution in [3.05, 3.63) is 24.0 Å². The number of likely N-dealkylation sites (N-methyl/N-ethyl adjacent to an activating group) is 1. The Kier molecular flexibility index (Phi) is 6.54. The van der Waals surface area contributed by atoms with Gasteiger partial charge in [-0.15, -0.1) is 0 Å². The summed E-state index contributed by atoms with van der Waals surface area (Å²) in [7, 11) is 0.369. The van der Waals surface area contributed by atoms with E-state index in [1.807, 2.05) is 25.9 Å². The number of sulfonamides is 1. The Morgan fingerprint density at radius 3 is 2.35 bits per heavy atom. The van der Waals surface area contributed by atoms with Crippen molar-refractivity contribution in [2.45, 2.75) is 24.8 Å². The minimum absolute atomic E-state index is 0.224. The van der Waals surface area contributed by atoms with Gasteiger partial charge >= 0.3 is 0 Å². The molecule has 0 fully saturated rings. The molecule has 6 nitrogen and oxygen atoms in total. The summed E-state index contributed by atoms with van der Waals surface area (Å²) >= 11 is 0. The van der Waals surface area contributed by atoms with E-state index in [4.69, 9.17) is 5.73 Å². The van der Waals surface area contributed by atoms with Crippen LogP contribution in [0.25, 0.3) is 0 Å². The molecule has 1 aromatic rings. The molecule has 0 saturated heterocycles. The molecule has 0 atom stereocenters. The maximum Gasteiger partial charge on any atom is 0.244 e. The van der Waals surface area contributed by atoms with Gasteiger partial charge in [-0.3, -0.25) is 4.98 Å². The fourth-order valence-electron chi connectivity index (χ4n) is 1.75. The van der Waals surface area contributed by atoms with Gasteiger partial charge in [0.25, 0.3) is 0 Å². The van der Waals surface area contributed by atoms with Gasteiger partial charge in [0.1, 0.15) is 4.90 Å². The van der Waals surface area contributed by atoms with E-state index in [1.54, 1.807) is 12.1 Å². The van der Waals surface area contributed by atoms with Crippen LogP contribution in [0, 0.1) is 0 Å². The predicted octanol–water partition coefficient (Wildman–Crippen LogP) is 0.503. The van der Waals surface area contributed by atoms with Crippen LogP contribution in [0.5, 0.6) is 0 Å². The van der Waals surface area contributed by atoms with Gasteiger partial charge in [-0.1, -0.05) is 6.92 Å². The summed E-state index contributed by atoms with van der Waals surface area (Å²) in [6, 6.07) is 3.23. The summed E-state index contributed by atoms with van der Waals surface area (Å²) in [6.07, 6.45) is 2.16. The Labute approximate surface area is 121 Å². The zero-order valence-electron chi connectivity index (χ0n) is 12.4. The SMILES string of the molecule is CCCN(CCN(C)C)S(=O)(=O)c1ccc(CN)nc1. The van der Waals surface area contributed by atoms with Crippen molar-refractivity contribution in [1.82, 2.24) is 14.2 Å². The molecule has 0 aliphatic carbocycles. The molecule has 0 aliphatic heterocycles. The van der Waals surface area contributed by atoms with Crippen LogP contribution in [0.3, 0.4) is 0 Å². The predicted molar refractivity (Wildman–Crippen MR) is 79.7 cm³/mol. The molecule has 0 aliphatic rings. The van der Waals surface area contributed by atoms with Crippen molar-refractivity contribution in [2.75, 3.05) is 33.7 Å². The second-order valence-electron chi connectivity index (χ2n) is 4.90. The number of hydrogen-bond acceptors (Lipinski definition) is 5. The Hall–Kier alpha value is -1.02. The Bertz CT molecular complexity index is 500. The van der Waals surface area contributed by atoms with Gasteiger partial charge in [0.2, 0.25) is 10.0 Å². The van der Waals surface area contributed by atoms with Gasteiger partial charge in [0, 0.05) is 32.4 Å². The number of nitrogens with two attached hydrogens (primary N) is 1. The highest BCUT2D eigenvalue weighted by molar-refractivity contribution is 7.89. The third-order valence-electron chi connectivity index (χ3n) is 2.91. The molecule has 0 amide bonds. The quantitative estimate of drug-likeness (QED) is 0.756. The first-order valence-corrected chi connectivity index (χ1v) is 8.15. The fraction of sp³-hybridized carbons (Fsp3) is 0.615. The van der Waals surface area contributed by atoms with Gasteiger partial charge in [0.15, 0.2) is 0 Å². The molecule has 20 heavy (non-hydrogen) atoms. The van der Waals surface area contributed by atoms with E-state index < -0.39 is 10.0 Å². The zero-order valence-corrected chi connectivity index (χ0v) is 13.2. The Morgan fingerprint density at radius 2 is 1.90 bits per heavy atom. The van der Waals surface area contributed by atoms with Crippen LogP contribution in [-0.4, -0.2) is 56.3 Å². The average Bonchev–Trinajstić information content (AvgIpc) is 2.43. The second-order valence-corrected chi connectivity index (χ2v) is 6.83. The summed E-state index contributed by atoms with van der Waals surface area (Å²) in [5.41, 5.74) is 6.15. The molecule has 0 radical (unpaired) electrons. The van der Waals surface area contributed by atoms with Gasteiger partial charge < -0.3 is 10.6 Å². The van der Waals surface area contributed by atoms with Crippen LogP contribution in [-0.2, 0) is 16.6 Å². The van der Waals surface area contributed by atoms with E-state index >= 15 is 0 Å². The van der Waals surface area contributed by atoms with E-state index in [2.05, 4.69) is 4.98 Å². The Morgan fingerprint density at radius 1 is 1.20 bits per heavy atom. The third kappa shape index (κ3) is 4.52. The summed E-state index contributed by atoms with van der Waals surface area (Å²) in [6.45, 7) is 3.94. The van der Waals surface area contributed by atoms with Crippen molar-refractivity contribution in [2.24, 2.45) is 5.73 Å². The van der Waals surface area contributed by atoms with Crippen molar-refractivity contribution in [3.63, 3.8) is 0 Å². The van der Waals surface area contributed by atoms with Crippen molar-refractivity contribution in [3.8, 4) is 0 Å². The number of nitrogens with zero attached hydrogens (tertiary/aromatic N) is 3. The first-order valence-electron chi connectivity index (χ1n) is 6.71. The monoisotopic (exact) mass is 300 g/mol. The smallest absolute Gasteiger partial charge is 0.244 e. The van der Waals surface area contributed by atoms with Crippen molar-refractivity contribution < 1.29 is 8.42 Å². The first kappa shape index (κ1) is 17.0. The highest BCUT2D eigenvalue weighted by Crippen LogP contribution is 2.15. The van der Waals surface area contributed by atoms with Crippen LogP contribution in [0.1, 0.15) is 19.0 Å². The molecule has 2 N–H and O–H groups in total. The highest BCUT2D eigenvalue weighted by atomic mass is 32.2. The van der Waals surface area contributed by atoms with Crippen LogP contribution in [0.2, 0.25) is 0 Å². The third-order valence-corrected chi connectivity index (χ3v) is 4.80. The van der Waals surface area contributed by atoms with Gasteiger partial charge in [0.05, 0.1) is 5.69 Å². The highest BCUT2D eigenvalue weighted by Gasteiger charge is 2.23. The van der Waals surface area contributed by atoms with E-state index in [-0.39, 0.29) is 4.90 Å². The lowest BCUT2D eigenvalue weighted by molar-refractivity contribution is 0.333. The van der Waals surface area contributed by atoms with E-state index in [9.17, 15) is 8.42 Å². The lowest BCUT2D eigenvalue weighted by Crippen LogP contribution is -2.37. The summed E-state index contributed by atoms with van der Waals surface area (Å²) in [5.74, 6) is 0. The van der Waals surface area contributed by atoms with Crippen LogP contribution in [0.4, 0.5) is 0 Å². The molecule has 0 bridgehead atoms. The minimum atomic E-state index is -3.48. The average molecular weight is 300 g/mol. The molecule has 0 spiro atoms. The summed E-state index contributed by atoms with van der Waals surface area (Å²) in [4.78, 5) is 6.25. The van der Waals surface area contributed by atoms with Gasteiger partial charge in [-0.2, -0.15) is 4.31 Å². The number of pyridine rings is 1. The lowest BCUT2D eigenvalue weighted by atomic mass is 10.4. The topological polar surface area (TPSA) is 79.5 Å². The Balaban J connectivity index is 2.95. The molecule has 114 valence electrons. The molecular formula is C13H24N4O2S. The van der Waals surface area contributed by atoms with Crippen LogP contribution in [0.15, 0.2) is 23.2 Å². The second kappa shape index (κ2) is 7.68. The number of rotatable bonds is 8. The van der Waals surface area contributed by atoms with Gasteiger partial charge in [-0.25, -0.2) is 8.42 Å². The maximum absolute atomic E-state index is 12.6. The minimum Gasteiger partial charge on any atom is -0.325 e. The standard InChI is InChI=1S/C13H24N4O2S/c1-4-7-17(9-8-16(2)3)20(18,19)13-6-5-12(10-14)15-11-13/h5-6,11H,4,7-10,14H2,1-3H3. The molecule has 0 aromatic carbocycles. The van der Waals surface area contributed by atoms with Crippen LogP contribution >= 0.6 is 0 Å². The summed E-state index contributed by atoms with van der Waals surface area (Å²) < 4.78 is 26.6. The fourth-order valence-corrected chi connectivity index (χ4v) is 3.22. The number of aromatic nitrogens is 1. The normalized spacial score (nSPS) is 12.3. The van der Waals surface area contributed by atoms with Gasteiger partial charge in [-0.05, 0) is 32.6 Å². The zero-order chi connectivity index (χ0) is 15.2. The maximum atomic E-state index is 12.6. The van der Waals surface area contributed by atoms with E-state index in [0.717, 1.165) is 6.42 Å². The number of hydrogen-bond donors (Lipinski definition) is 1. The van der Waals surface area contributed by atoms with Crippen LogP contribution < -0.4 is 5.73 Å². The molecule has 0 unspecified atom stereocenters. The molecule has 0 saturated carbocycles. The molecule has 7 heteroatoms. The summed E-state index contributed by atoms with van der Waals surface area (Å²) in [5, 5.41) is 0. The lowest BCUT2D eigenvalue weighted by Gasteiger charge is -2.23. The molecule has 1 aromatic heterocycles.